The van der Waals surface area contributed by atoms with E-state index in [1.807, 2.05) is 42.5 Å². The van der Waals surface area contributed by atoms with E-state index in [0.29, 0.717) is 18.5 Å². The van der Waals surface area contributed by atoms with E-state index in [9.17, 15) is 9.90 Å². The second-order valence-electron chi connectivity index (χ2n) is 5.22. The number of amides is 1. The quantitative estimate of drug-likeness (QED) is 0.862. The molecule has 2 rings (SSSR count). The molecule has 0 saturated heterocycles. The van der Waals surface area contributed by atoms with Gasteiger partial charge in [0.25, 0.3) is 5.91 Å². The van der Waals surface area contributed by atoms with Crippen molar-refractivity contribution in [3.05, 3.63) is 64.6 Å². The largest absolute Gasteiger partial charge is 0.380 e. The highest BCUT2D eigenvalue weighted by molar-refractivity contribution is 9.10. The predicted octanol–water partition coefficient (Wildman–Crippen LogP) is 3.77. The molecule has 0 bridgehead atoms. The molecule has 2 N–H and O–H groups in total. The summed E-state index contributed by atoms with van der Waals surface area (Å²) < 4.78 is 1.01. The minimum Gasteiger partial charge on any atom is -0.380 e. The first-order chi connectivity index (χ1) is 9.97. The molecule has 0 aliphatic carbocycles. The van der Waals surface area contributed by atoms with E-state index >= 15 is 0 Å². The fourth-order valence-corrected chi connectivity index (χ4v) is 2.20. The molecule has 0 unspecified atom stereocenters. The zero-order valence-electron chi connectivity index (χ0n) is 11.8. The van der Waals surface area contributed by atoms with Gasteiger partial charge in [0, 0.05) is 10.2 Å². The lowest BCUT2D eigenvalue weighted by atomic mass is 9.96. The lowest BCUT2D eigenvalue weighted by Gasteiger charge is -2.22. The Morgan fingerprint density at radius 1 is 1.14 bits per heavy atom. The molecule has 110 valence electrons. The second-order valence-corrected chi connectivity index (χ2v) is 6.14. The molecule has 21 heavy (non-hydrogen) atoms. The van der Waals surface area contributed by atoms with Crippen molar-refractivity contribution in [1.82, 2.24) is 0 Å². The van der Waals surface area contributed by atoms with Gasteiger partial charge >= 0.3 is 0 Å². The number of carbonyl (C=O) groups is 1. The molecule has 0 aliphatic heterocycles. The number of rotatable bonds is 5. The van der Waals surface area contributed by atoms with Gasteiger partial charge in [0.05, 0.1) is 0 Å². The Morgan fingerprint density at radius 2 is 1.76 bits per heavy atom. The minimum atomic E-state index is -1.40. The number of nitrogens with one attached hydrogen (secondary N) is 1. The molecule has 0 fully saturated rings. The van der Waals surface area contributed by atoms with E-state index < -0.39 is 5.60 Å². The summed E-state index contributed by atoms with van der Waals surface area (Å²) in [6, 6.07) is 17.0. The van der Waals surface area contributed by atoms with Gasteiger partial charge in [0.1, 0.15) is 5.60 Å². The third-order valence-corrected chi connectivity index (χ3v) is 3.86. The predicted molar refractivity (Wildman–Crippen MR) is 88.2 cm³/mol. The maximum Gasteiger partial charge on any atom is 0.256 e. The van der Waals surface area contributed by atoms with Gasteiger partial charge < -0.3 is 10.4 Å². The van der Waals surface area contributed by atoms with E-state index in [4.69, 9.17) is 0 Å². The molecule has 0 saturated carbocycles. The van der Waals surface area contributed by atoms with E-state index in [1.165, 1.54) is 0 Å². The molecular formula is C17H18BrNO2. The number of anilines is 1. The second kappa shape index (κ2) is 6.87. The van der Waals surface area contributed by atoms with Crippen LogP contribution in [-0.2, 0) is 11.2 Å². The number of halogens is 1. The van der Waals surface area contributed by atoms with Crippen LogP contribution in [0.3, 0.4) is 0 Å². The Kier molecular flexibility index (Phi) is 5.15. The van der Waals surface area contributed by atoms with E-state index in [0.717, 1.165) is 10.0 Å². The average Bonchev–Trinajstić information content (AvgIpc) is 2.48. The first-order valence-electron chi connectivity index (χ1n) is 6.81. The van der Waals surface area contributed by atoms with Gasteiger partial charge in [0.2, 0.25) is 0 Å². The van der Waals surface area contributed by atoms with Crippen LogP contribution in [0.1, 0.15) is 18.9 Å². The number of aryl methyl sites for hydroxylation is 1. The van der Waals surface area contributed by atoms with Crippen LogP contribution in [0.2, 0.25) is 0 Å². The SMILES string of the molecule is C[C@](O)(CCc1ccc([82Br])cc1)C(=O)Nc1ccccc1. The van der Waals surface area contributed by atoms with E-state index in [1.54, 1.807) is 19.1 Å². The molecule has 0 heterocycles. The molecule has 0 radical (unpaired) electrons. The molecule has 4 heteroatoms. The fraction of sp³-hybridized carbons (Fsp3) is 0.235. The summed E-state index contributed by atoms with van der Waals surface area (Å²) in [5.74, 6) is -0.384. The molecule has 0 aliphatic rings. The van der Waals surface area contributed by atoms with Crippen molar-refractivity contribution in [3.8, 4) is 0 Å². The molecule has 2 aromatic carbocycles. The normalized spacial score (nSPS) is 13.5. The summed E-state index contributed by atoms with van der Waals surface area (Å²) in [5, 5.41) is 13.1. The third kappa shape index (κ3) is 4.69. The van der Waals surface area contributed by atoms with Crippen LogP contribution >= 0.6 is 15.9 Å². The number of hydrogen-bond acceptors (Lipinski definition) is 2. The van der Waals surface area contributed by atoms with Gasteiger partial charge in [-0.25, -0.2) is 0 Å². The van der Waals surface area contributed by atoms with Crippen LogP contribution < -0.4 is 5.32 Å². The molecule has 0 aromatic heterocycles. The lowest BCUT2D eigenvalue weighted by Crippen LogP contribution is -2.40. The molecule has 1 atom stereocenters. The van der Waals surface area contributed by atoms with Crippen LogP contribution in [0.25, 0.3) is 0 Å². The van der Waals surface area contributed by atoms with Gasteiger partial charge in [-0.1, -0.05) is 46.3 Å². The summed E-state index contributed by atoms with van der Waals surface area (Å²) in [4.78, 5) is 12.1. The van der Waals surface area contributed by atoms with Crippen LogP contribution in [0.4, 0.5) is 5.69 Å². The Labute approximate surface area is 133 Å². The Hall–Kier alpha value is -1.65. The van der Waals surface area contributed by atoms with Crippen molar-refractivity contribution in [1.29, 1.82) is 0 Å². The van der Waals surface area contributed by atoms with Crippen molar-refractivity contribution in [2.75, 3.05) is 5.32 Å². The van der Waals surface area contributed by atoms with Crippen LogP contribution in [-0.4, -0.2) is 16.6 Å². The minimum absolute atomic E-state index is 0.368. The first-order valence-corrected chi connectivity index (χ1v) is 7.60. The van der Waals surface area contributed by atoms with E-state index in [2.05, 4.69) is 21.2 Å². The van der Waals surface area contributed by atoms with Crippen molar-refractivity contribution < 1.29 is 9.90 Å². The van der Waals surface area contributed by atoms with Gasteiger partial charge in [-0.3, -0.25) is 4.79 Å². The van der Waals surface area contributed by atoms with Crippen molar-refractivity contribution >= 4 is 27.5 Å². The summed E-state index contributed by atoms with van der Waals surface area (Å²) in [5.41, 5.74) is 0.375. The first kappa shape index (κ1) is 15.7. The maximum absolute atomic E-state index is 12.1. The van der Waals surface area contributed by atoms with Gasteiger partial charge in [-0.05, 0) is 49.6 Å². The van der Waals surface area contributed by atoms with Crippen LogP contribution in [0.5, 0.6) is 0 Å². The van der Waals surface area contributed by atoms with E-state index in [-0.39, 0.29) is 5.91 Å². The molecule has 1 amide bonds. The molecular weight excluding hydrogens is 332 g/mol. The summed E-state index contributed by atoms with van der Waals surface area (Å²) in [7, 11) is 0. The summed E-state index contributed by atoms with van der Waals surface area (Å²) in [6.07, 6.45) is 1.01. The number of benzene rings is 2. The van der Waals surface area contributed by atoms with Gasteiger partial charge in [-0.15, -0.1) is 0 Å². The lowest BCUT2D eigenvalue weighted by molar-refractivity contribution is -0.132. The highest BCUT2D eigenvalue weighted by atomic mass is 81.9. The Morgan fingerprint density at radius 3 is 2.38 bits per heavy atom. The zero-order valence-corrected chi connectivity index (χ0v) is 13.4. The Bertz CT molecular complexity index is 594. The number of carbonyl (C=O) groups excluding carboxylic acids is 1. The van der Waals surface area contributed by atoms with Crippen molar-refractivity contribution in [2.24, 2.45) is 0 Å². The topological polar surface area (TPSA) is 49.3 Å². The average molecular weight is 350 g/mol. The fourth-order valence-electron chi connectivity index (χ4n) is 1.94. The number of aliphatic hydroxyl groups is 1. The summed E-state index contributed by atoms with van der Waals surface area (Å²) in [6.45, 7) is 1.55. The highest BCUT2D eigenvalue weighted by Crippen LogP contribution is 2.18. The maximum atomic E-state index is 12.1. The zero-order chi connectivity index (χ0) is 15.3. The smallest absolute Gasteiger partial charge is 0.256 e. The molecule has 0 spiro atoms. The molecule has 2 aromatic rings. The number of hydrogen-bond donors (Lipinski definition) is 2. The number of para-hydroxylation sites is 1. The highest BCUT2D eigenvalue weighted by Gasteiger charge is 2.29. The van der Waals surface area contributed by atoms with Crippen molar-refractivity contribution in [3.63, 3.8) is 0 Å². The van der Waals surface area contributed by atoms with Gasteiger partial charge in [0.15, 0.2) is 0 Å². The molecule has 3 nitrogen and oxygen atoms in total. The monoisotopic (exact) mass is 350 g/mol. The standard InChI is InChI=1S/C17H18BrNO2/c1-17(21,12-11-13-7-9-14(18)10-8-13)16(20)19-15-5-3-2-4-6-15/h2-10,21H,11-12H2,1H3,(H,19,20)/t17-/m0/s1/i18+2. The Balaban J connectivity index is 1.94. The third-order valence-electron chi connectivity index (χ3n) is 3.33. The van der Waals surface area contributed by atoms with Gasteiger partial charge in [-0.2, -0.15) is 0 Å². The summed E-state index contributed by atoms with van der Waals surface area (Å²) >= 11 is 3.38. The van der Waals surface area contributed by atoms with Crippen LogP contribution in [0, 0.1) is 0 Å². The van der Waals surface area contributed by atoms with Crippen LogP contribution in [0.15, 0.2) is 59.1 Å². The van der Waals surface area contributed by atoms with Crippen molar-refractivity contribution in [2.45, 2.75) is 25.4 Å².